The molecular weight excluding hydrogens is 635 g/mol. The average molecular weight is 659 g/mol. The molecule has 0 bridgehead atoms. The number of aromatic nitrogens is 5. The number of fused-ring (bicyclic) bond motifs is 1. The van der Waals surface area contributed by atoms with E-state index in [0.717, 1.165) is 20.9 Å². The maximum Gasteiger partial charge on any atom is 0.490 e. The number of phosphoric acid groups is 3. The van der Waals surface area contributed by atoms with Crippen molar-refractivity contribution < 1.29 is 51.2 Å². The Morgan fingerprint density at radius 1 is 1.02 bits per heavy atom. The Hall–Kier alpha value is -3.11. The van der Waals surface area contributed by atoms with Crippen LogP contribution in [0.3, 0.4) is 0 Å². The third-order valence-electron chi connectivity index (χ3n) is 6.43. The van der Waals surface area contributed by atoms with Gasteiger partial charge in [-0.2, -0.15) is 8.62 Å². The number of hydrogen-bond acceptors (Lipinski definition) is 11. The van der Waals surface area contributed by atoms with Crippen LogP contribution in [-0.2, 0) is 31.6 Å². The minimum Gasteiger partial charge on any atom is -0.350 e. The number of aromatic amines is 1. The van der Waals surface area contributed by atoms with Crippen LogP contribution in [0.5, 0.6) is 0 Å². The van der Waals surface area contributed by atoms with Crippen molar-refractivity contribution in [1.82, 2.24) is 24.5 Å². The van der Waals surface area contributed by atoms with Gasteiger partial charge in [-0.25, -0.2) is 23.2 Å². The molecule has 18 nitrogen and oxygen atoms in total. The summed E-state index contributed by atoms with van der Waals surface area (Å²) in [5, 5.41) is 10.0. The summed E-state index contributed by atoms with van der Waals surface area (Å²) in [6.45, 7) is 0.668. The van der Waals surface area contributed by atoms with E-state index in [1.807, 2.05) is 42.5 Å². The quantitative estimate of drug-likeness (QED) is 0.153. The molecule has 2 aromatic carbocycles. The second-order valence-corrected chi connectivity index (χ2v) is 13.8. The maximum absolute atomic E-state index is 12.6. The van der Waals surface area contributed by atoms with Gasteiger partial charge < -0.3 is 24.3 Å². The summed E-state index contributed by atoms with van der Waals surface area (Å²) in [7, 11) is -16.8. The van der Waals surface area contributed by atoms with Crippen molar-refractivity contribution in [3.63, 3.8) is 0 Å². The molecule has 0 saturated carbocycles. The van der Waals surface area contributed by atoms with E-state index >= 15 is 0 Å². The zero-order chi connectivity index (χ0) is 31.2. The molecule has 1 saturated heterocycles. The largest absolute Gasteiger partial charge is 0.490 e. The van der Waals surface area contributed by atoms with Gasteiger partial charge in [-0.15, -0.1) is 5.10 Å². The molecule has 2 aromatic heterocycles. The fourth-order valence-corrected chi connectivity index (χ4v) is 7.72. The Morgan fingerprint density at radius 3 is 2.49 bits per heavy atom. The second kappa shape index (κ2) is 11.8. The molecule has 4 aromatic rings. The summed E-state index contributed by atoms with van der Waals surface area (Å²) in [6.07, 6.45) is 0.541. The fraction of sp³-hybridized carbons (Fsp3) is 0.273. The number of nitrogens with zero attached hydrogens (tertiary/aromatic N) is 4. The van der Waals surface area contributed by atoms with E-state index in [4.69, 9.17) is 19.0 Å². The van der Waals surface area contributed by atoms with Crippen molar-refractivity contribution in [2.75, 3.05) is 6.61 Å². The summed E-state index contributed by atoms with van der Waals surface area (Å²) in [4.78, 5) is 63.7. The molecule has 5 rings (SSSR count). The number of aryl methyl sites for hydroxylation is 1. The fourth-order valence-electron chi connectivity index (χ4n) is 4.69. The summed E-state index contributed by atoms with van der Waals surface area (Å²) in [6, 6.07) is 12.3. The summed E-state index contributed by atoms with van der Waals surface area (Å²) in [5.41, 5.74) is 0.0542. The molecule has 1 aliphatic heterocycles. The van der Waals surface area contributed by atoms with Crippen LogP contribution in [0.4, 0.5) is 0 Å². The molecule has 0 spiro atoms. The smallest absolute Gasteiger partial charge is 0.350 e. The van der Waals surface area contributed by atoms with Crippen molar-refractivity contribution in [3.05, 3.63) is 81.3 Å². The van der Waals surface area contributed by atoms with E-state index in [2.05, 4.69) is 23.9 Å². The highest BCUT2D eigenvalue weighted by Gasteiger charge is 2.44. The van der Waals surface area contributed by atoms with Gasteiger partial charge in [0.25, 0.3) is 5.56 Å². The van der Waals surface area contributed by atoms with Crippen LogP contribution < -0.4 is 11.2 Å². The third kappa shape index (κ3) is 7.17. The molecule has 43 heavy (non-hydrogen) atoms. The van der Waals surface area contributed by atoms with E-state index in [0.29, 0.717) is 5.69 Å². The standard InChI is InChI=1S/C22H24N5O13P3/c1-13-11-26(22(29)24-21(13)28)20-9-17(19(38-20)12-37-42(33,34)40-43(35,36)39-41(30,31)32)27-18(10-23-25-27)16-8-4-6-14-5-2-3-7-15(14)16/h2-8,10-11,17,19-20H,9,12H2,1H3,(H,33,34)(H,35,36)(H,24,28,29)(H2,30,31,32)/t17-,19+,20+/m0/s1. The van der Waals surface area contributed by atoms with Gasteiger partial charge in [0.15, 0.2) is 0 Å². The number of benzene rings is 2. The number of rotatable bonds is 10. The minimum absolute atomic E-state index is 0.0109. The zero-order valence-electron chi connectivity index (χ0n) is 21.9. The lowest BCUT2D eigenvalue weighted by Crippen LogP contribution is -2.33. The predicted molar refractivity (Wildman–Crippen MR) is 146 cm³/mol. The van der Waals surface area contributed by atoms with Crippen molar-refractivity contribution in [2.24, 2.45) is 0 Å². The van der Waals surface area contributed by atoms with Crippen LogP contribution in [0.15, 0.2) is 64.4 Å². The highest BCUT2D eigenvalue weighted by Crippen LogP contribution is 2.66. The molecule has 0 radical (unpaired) electrons. The highest BCUT2D eigenvalue weighted by atomic mass is 31.3. The van der Waals surface area contributed by atoms with Gasteiger partial charge in [0.05, 0.1) is 24.5 Å². The number of phosphoric ester groups is 1. The Kier molecular flexibility index (Phi) is 8.57. The van der Waals surface area contributed by atoms with Crippen LogP contribution in [0.2, 0.25) is 0 Å². The highest BCUT2D eigenvalue weighted by molar-refractivity contribution is 7.66. The first-order valence-electron chi connectivity index (χ1n) is 12.3. The van der Waals surface area contributed by atoms with Gasteiger partial charge in [-0.1, -0.05) is 47.7 Å². The molecule has 3 heterocycles. The van der Waals surface area contributed by atoms with Gasteiger partial charge in [0.1, 0.15) is 12.3 Å². The monoisotopic (exact) mass is 659 g/mol. The van der Waals surface area contributed by atoms with Gasteiger partial charge in [-0.05, 0) is 17.7 Å². The lowest BCUT2D eigenvalue weighted by molar-refractivity contribution is -0.0317. The van der Waals surface area contributed by atoms with Gasteiger partial charge >= 0.3 is 29.2 Å². The average Bonchev–Trinajstić information content (AvgIpc) is 3.54. The molecule has 5 N–H and O–H groups in total. The summed E-state index contributed by atoms with van der Waals surface area (Å²) >= 11 is 0. The number of ether oxygens (including phenoxy) is 1. The van der Waals surface area contributed by atoms with Crippen LogP contribution in [0, 0.1) is 6.92 Å². The molecule has 21 heteroatoms. The van der Waals surface area contributed by atoms with Crippen molar-refractivity contribution in [1.29, 1.82) is 0 Å². The van der Waals surface area contributed by atoms with Crippen LogP contribution in [0.1, 0.15) is 24.3 Å². The van der Waals surface area contributed by atoms with E-state index in [1.54, 1.807) is 0 Å². The molecule has 1 aliphatic rings. The molecule has 0 amide bonds. The third-order valence-corrected chi connectivity index (χ3v) is 10.2. The summed E-state index contributed by atoms with van der Waals surface area (Å²) < 4.78 is 56.1. The van der Waals surface area contributed by atoms with Crippen LogP contribution in [-0.4, -0.2) is 56.8 Å². The van der Waals surface area contributed by atoms with E-state index in [-0.39, 0.29) is 12.0 Å². The first-order valence-corrected chi connectivity index (χ1v) is 16.8. The second-order valence-electron chi connectivity index (χ2n) is 9.39. The Bertz CT molecular complexity index is 1930. The van der Waals surface area contributed by atoms with Gasteiger partial charge in [-0.3, -0.25) is 18.9 Å². The van der Waals surface area contributed by atoms with Crippen LogP contribution >= 0.6 is 23.5 Å². The van der Waals surface area contributed by atoms with E-state index < -0.39 is 59.7 Å². The molecule has 2 unspecified atom stereocenters. The van der Waals surface area contributed by atoms with Crippen molar-refractivity contribution >= 4 is 34.2 Å². The SMILES string of the molecule is Cc1cn([C@H]2C[C@H](n3nncc3-c3cccc4ccccc34)[C@@H](COP(=O)(O)OP(=O)(O)OP(=O)(O)O)O2)c(=O)[nH]c1=O. The minimum atomic E-state index is -5.76. The first kappa shape index (κ1) is 31.3. The molecule has 1 fully saturated rings. The van der Waals surface area contributed by atoms with Gasteiger partial charge in [0, 0.05) is 23.7 Å². The number of hydrogen-bond donors (Lipinski definition) is 5. The van der Waals surface area contributed by atoms with Crippen molar-refractivity contribution in [2.45, 2.75) is 31.7 Å². The Balaban J connectivity index is 1.49. The lowest BCUT2D eigenvalue weighted by atomic mass is 10.0. The topological polar surface area (TPSA) is 255 Å². The molecular formula is C22H24N5O13P3. The lowest BCUT2D eigenvalue weighted by Gasteiger charge is -2.22. The molecule has 5 atom stereocenters. The maximum atomic E-state index is 12.6. The van der Waals surface area contributed by atoms with Gasteiger partial charge in [0.2, 0.25) is 0 Å². The van der Waals surface area contributed by atoms with Crippen LogP contribution in [0.25, 0.3) is 22.0 Å². The predicted octanol–water partition coefficient (Wildman–Crippen LogP) is 2.13. The van der Waals surface area contributed by atoms with E-state index in [9.17, 15) is 33.1 Å². The van der Waals surface area contributed by atoms with Crippen molar-refractivity contribution in [3.8, 4) is 11.3 Å². The molecule has 0 aliphatic carbocycles. The Morgan fingerprint density at radius 2 is 1.74 bits per heavy atom. The Labute approximate surface area is 240 Å². The van der Waals surface area contributed by atoms with E-state index in [1.165, 1.54) is 24.0 Å². The molecule has 230 valence electrons. The number of nitrogens with one attached hydrogen (secondary N) is 1. The summed E-state index contributed by atoms with van der Waals surface area (Å²) in [5.74, 6) is 0. The normalized spacial score (nSPS) is 21.9. The first-order chi connectivity index (χ1) is 20.1. The zero-order valence-corrected chi connectivity index (χ0v) is 24.6. The number of H-pyrrole nitrogens is 1.